The normalized spacial score (nSPS) is 28.5. The summed E-state index contributed by atoms with van der Waals surface area (Å²) in [6.07, 6.45) is 1.16. The first-order valence-electron chi connectivity index (χ1n) is 7.22. The maximum atomic E-state index is 5.26. The van der Waals surface area contributed by atoms with Gasteiger partial charge in [-0.1, -0.05) is 37.3 Å². The zero-order chi connectivity index (χ0) is 13.7. The molecule has 1 heterocycles. The zero-order valence-electron chi connectivity index (χ0n) is 12.4. The molecule has 1 N–H and O–H groups in total. The van der Waals surface area contributed by atoms with Crippen LogP contribution in [0.5, 0.6) is 0 Å². The Hall–Kier alpha value is -0.900. The van der Waals surface area contributed by atoms with Crippen LogP contribution in [0, 0.1) is 0 Å². The van der Waals surface area contributed by atoms with Gasteiger partial charge in [0, 0.05) is 38.3 Å². The SMILES string of the molecule is CCC1(C)CNC(c2ccccc2)CN1CCOC. The Bertz CT molecular complexity index is 382. The van der Waals surface area contributed by atoms with Crippen LogP contribution in [0.4, 0.5) is 0 Å². The van der Waals surface area contributed by atoms with Crippen LogP contribution in [0.25, 0.3) is 0 Å². The van der Waals surface area contributed by atoms with Crippen molar-refractivity contribution in [1.82, 2.24) is 10.2 Å². The van der Waals surface area contributed by atoms with Gasteiger partial charge in [-0.25, -0.2) is 0 Å². The molecule has 0 spiro atoms. The number of rotatable bonds is 5. The molecule has 1 aliphatic rings. The molecule has 1 fully saturated rings. The van der Waals surface area contributed by atoms with E-state index in [0.29, 0.717) is 6.04 Å². The molecule has 0 amide bonds. The smallest absolute Gasteiger partial charge is 0.0589 e. The van der Waals surface area contributed by atoms with Crippen molar-refractivity contribution in [2.24, 2.45) is 0 Å². The van der Waals surface area contributed by atoms with Crippen LogP contribution in [0.15, 0.2) is 30.3 Å². The Balaban J connectivity index is 2.08. The van der Waals surface area contributed by atoms with Gasteiger partial charge in [0.2, 0.25) is 0 Å². The highest BCUT2D eigenvalue weighted by atomic mass is 16.5. The van der Waals surface area contributed by atoms with Crippen LogP contribution in [-0.4, -0.2) is 43.8 Å². The highest BCUT2D eigenvalue weighted by molar-refractivity contribution is 5.20. The van der Waals surface area contributed by atoms with Crippen molar-refractivity contribution >= 4 is 0 Å². The first-order valence-corrected chi connectivity index (χ1v) is 7.22. The number of hydrogen-bond acceptors (Lipinski definition) is 3. The third-order valence-corrected chi connectivity index (χ3v) is 4.42. The highest BCUT2D eigenvalue weighted by Gasteiger charge is 2.36. The van der Waals surface area contributed by atoms with Gasteiger partial charge < -0.3 is 10.1 Å². The maximum Gasteiger partial charge on any atom is 0.0589 e. The molecule has 1 saturated heterocycles. The topological polar surface area (TPSA) is 24.5 Å². The minimum absolute atomic E-state index is 0.240. The second-order valence-electron chi connectivity index (χ2n) is 5.63. The molecule has 2 unspecified atom stereocenters. The lowest BCUT2D eigenvalue weighted by Gasteiger charge is -2.48. The van der Waals surface area contributed by atoms with E-state index in [1.54, 1.807) is 7.11 Å². The average molecular weight is 262 g/mol. The molecule has 0 aliphatic carbocycles. The van der Waals surface area contributed by atoms with E-state index >= 15 is 0 Å². The van der Waals surface area contributed by atoms with E-state index in [1.165, 1.54) is 5.56 Å². The Morgan fingerprint density at radius 3 is 2.74 bits per heavy atom. The summed E-state index contributed by atoms with van der Waals surface area (Å²) in [5.41, 5.74) is 1.62. The van der Waals surface area contributed by atoms with Crippen LogP contribution in [0.3, 0.4) is 0 Å². The molecule has 3 heteroatoms. The van der Waals surface area contributed by atoms with Gasteiger partial charge >= 0.3 is 0 Å². The molecule has 1 aromatic rings. The summed E-state index contributed by atoms with van der Waals surface area (Å²) in [5.74, 6) is 0. The van der Waals surface area contributed by atoms with E-state index in [9.17, 15) is 0 Å². The molecular formula is C16H26N2O. The third-order valence-electron chi connectivity index (χ3n) is 4.42. The summed E-state index contributed by atoms with van der Waals surface area (Å²) < 4.78 is 5.26. The lowest BCUT2D eigenvalue weighted by molar-refractivity contribution is 0.0262. The van der Waals surface area contributed by atoms with Gasteiger partial charge in [-0.3, -0.25) is 4.90 Å². The van der Waals surface area contributed by atoms with Gasteiger partial charge in [0.1, 0.15) is 0 Å². The van der Waals surface area contributed by atoms with Crippen molar-refractivity contribution in [1.29, 1.82) is 0 Å². The monoisotopic (exact) mass is 262 g/mol. The third kappa shape index (κ3) is 3.35. The van der Waals surface area contributed by atoms with Crippen molar-refractivity contribution in [3.8, 4) is 0 Å². The van der Waals surface area contributed by atoms with Crippen LogP contribution >= 0.6 is 0 Å². The van der Waals surface area contributed by atoms with Gasteiger partial charge in [0.15, 0.2) is 0 Å². The van der Waals surface area contributed by atoms with Gasteiger partial charge in [-0.15, -0.1) is 0 Å². The van der Waals surface area contributed by atoms with E-state index in [-0.39, 0.29) is 5.54 Å². The first kappa shape index (κ1) is 14.5. The highest BCUT2D eigenvalue weighted by Crippen LogP contribution is 2.28. The fourth-order valence-electron chi connectivity index (χ4n) is 2.78. The van der Waals surface area contributed by atoms with Crippen molar-refractivity contribution in [2.75, 3.05) is 33.4 Å². The Morgan fingerprint density at radius 1 is 1.37 bits per heavy atom. The number of methoxy groups -OCH3 is 1. The van der Waals surface area contributed by atoms with Crippen LogP contribution in [0.2, 0.25) is 0 Å². The number of ether oxygens (including phenoxy) is 1. The first-order chi connectivity index (χ1) is 9.19. The fraction of sp³-hybridized carbons (Fsp3) is 0.625. The molecule has 0 bridgehead atoms. The molecule has 1 aliphatic heterocycles. The second kappa shape index (κ2) is 6.51. The molecule has 106 valence electrons. The van der Waals surface area contributed by atoms with Crippen LogP contribution in [0.1, 0.15) is 31.9 Å². The van der Waals surface area contributed by atoms with E-state index in [4.69, 9.17) is 4.74 Å². The summed E-state index contributed by atoms with van der Waals surface area (Å²) in [6.45, 7) is 8.51. The largest absolute Gasteiger partial charge is 0.383 e. The van der Waals surface area contributed by atoms with Gasteiger partial charge in [-0.2, -0.15) is 0 Å². The number of benzene rings is 1. The van der Waals surface area contributed by atoms with Crippen LogP contribution < -0.4 is 5.32 Å². The lowest BCUT2D eigenvalue weighted by atomic mass is 9.90. The lowest BCUT2D eigenvalue weighted by Crippen LogP contribution is -2.60. The predicted molar refractivity (Wildman–Crippen MR) is 79.3 cm³/mol. The fourth-order valence-corrected chi connectivity index (χ4v) is 2.78. The van der Waals surface area contributed by atoms with Crippen LogP contribution in [-0.2, 0) is 4.74 Å². The molecule has 2 atom stereocenters. The van der Waals surface area contributed by atoms with Gasteiger partial charge in [0.25, 0.3) is 0 Å². The second-order valence-corrected chi connectivity index (χ2v) is 5.63. The summed E-state index contributed by atoms with van der Waals surface area (Å²) in [6, 6.07) is 11.2. The number of nitrogens with one attached hydrogen (secondary N) is 1. The van der Waals surface area contributed by atoms with Crippen molar-refractivity contribution in [3.63, 3.8) is 0 Å². The van der Waals surface area contributed by atoms with E-state index < -0.39 is 0 Å². The molecule has 0 radical (unpaired) electrons. The van der Waals surface area contributed by atoms with Crippen molar-refractivity contribution in [3.05, 3.63) is 35.9 Å². The van der Waals surface area contributed by atoms with Crippen molar-refractivity contribution in [2.45, 2.75) is 31.8 Å². The zero-order valence-corrected chi connectivity index (χ0v) is 12.4. The predicted octanol–water partition coefficient (Wildman–Crippen LogP) is 2.45. The average Bonchev–Trinajstić information content (AvgIpc) is 2.47. The summed E-state index contributed by atoms with van der Waals surface area (Å²) in [4.78, 5) is 2.57. The number of piperazine rings is 1. The minimum Gasteiger partial charge on any atom is -0.383 e. The Labute approximate surface area is 116 Å². The Morgan fingerprint density at radius 2 is 2.11 bits per heavy atom. The van der Waals surface area contributed by atoms with Gasteiger partial charge in [-0.05, 0) is 18.9 Å². The number of hydrogen-bond donors (Lipinski definition) is 1. The molecule has 0 aromatic heterocycles. The van der Waals surface area contributed by atoms with E-state index in [2.05, 4.69) is 54.4 Å². The van der Waals surface area contributed by atoms with E-state index in [1.807, 2.05) is 0 Å². The number of nitrogens with zero attached hydrogens (tertiary/aromatic N) is 1. The molecular weight excluding hydrogens is 236 g/mol. The maximum absolute atomic E-state index is 5.26. The molecule has 3 nitrogen and oxygen atoms in total. The Kier molecular flexibility index (Phi) is 4.97. The molecule has 1 aromatic carbocycles. The van der Waals surface area contributed by atoms with E-state index in [0.717, 1.165) is 32.7 Å². The molecule has 19 heavy (non-hydrogen) atoms. The summed E-state index contributed by atoms with van der Waals surface area (Å²) in [5, 5.41) is 3.70. The summed E-state index contributed by atoms with van der Waals surface area (Å²) in [7, 11) is 1.78. The van der Waals surface area contributed by atoms with Gasteiger partial charge in [0.05, 0.1) is 6.61 Å². The van der Waals surface area contributed by atoms with Crippen molar-refractivity contribution < 1.29 is 4.74 Å². The molecule has 0 saturated carbocycles. The quantitative estimate of drug-likeness (QED) is 0.882. The summed E-state index contributed by atoms with van der Waals surface area (Å²) >= 11 is 0. The molecule has 2 rings (SSSR count). The standard InChI is InChI=1S/C16H26N2O/c1-4-16(2)13-17-15(12-18(16)10-11-19-3)14-8-6-5-7-9-14/h5-9,15,17H,4,10-13H2,1-3H3. The minimum atomic E-state index is 0.240.